The van der Waals surface area contributed by atoms with Crippen LogP contribution in [0.4, 0.5) is 0 Å². The predicted octanol–water partition coefficient (Wildman–Crippen LogP) is 4.33. The molecule has 1 saturated heterocycles. The summed E-state index contributed by atoms with van der Waals surface area (Å²) in [5.74, 6) is 2.05. The molecule has 2 fully saturated rings. The molecule has 1 aromatic carbocycles. The van der Waals surface area contributed by atoms with Gasteiger partial charge in [-0.15, -0.1) is 24.0 Å². The zero-order valence-electron chi connectivity index (χ0n) is 19.2. The van der Waals surface area contributed by atoms with E-state index in [-0.39, 0.29) is 41.8 Å². The van der Waals surface area contributed by atoms with E-state index < -0.39 is 0 Å². The Kier molecular flexibility index (Phi) is 10.9. The SMILES string of the molecule is CCNC(=NCc1ccc(OC2CCCCC2)cc1)NC1CCN(C(=O)C(C)C)C1.I. The molecule has 3 rings (SSSR count). The number of ether oxygens (including phenoxy) is 1. The molecule has 1 aliphatic heterocycles. The van der Waals surface area contributed by atoms with Crippen molar-refractivity contribution in [2.75, 3.05) is 19.6 Å². The van der Waals surface area contributed by atoms with Crippen molar-refractivity contribution in [2.24, 2.45) is 10.9 Å². The molecular formula is C24H39IN4O2. The summed E-state index contributed by atoms with van der Waals surface area (Å²) in [4.78, 5) is 18.9. The minimum atomic E-state index is 0. The number of hydrogen-bond donors (Lipinski definition) is 2. The summed E-state index contributed by atoms with van der Waals surface area (Å²) < 4.78 is 6.12. The van der Waals surface area contributed by atoms with E-state index in [1.54, 1.807) is 0 Å². The van der Waals surface area contributed by atoms with E-state index in [9.17, 15) is 4.79 Å². The first-order valence-corrected chi connectivity index (χ1v) is 11.6. The number of guanidine groups is 1. The minimum absolute atomic E-state index is 0. The van der Waals surface area contributed by atoms with E-state index in [0.717, 1.165) is 43.3 Å². The molecule has 1 aliphatic carbocycles. The fourth-order valence-electron chi connectivity index (χ4n) is 4.18. The van der Waals surface area contributed by atoms with Crippen LogP contribution in [0.15, 0.2) is 29.3 Å². The Hall–Kier alpha value is -1.51. The first-order valence-electron chi connectivity index (χ1n) is 11.6. The third-order valence-electron chi connectivity index (χ3n) is 5.88. The van der Waals surface area contributed by atoms with Crippen LogP contribution in [0.2, 0.25) is 0 Å². The molecule has 1 unspecified atom stereocenters. The van der Waals surface area contributed by atoms with Crippen molar-refractivity contribution in [3.8, 4) is 5.75 Å². The highest BCUT2D eigenvalue weighted by Crippen LogP contribution is 2.23. The molecule has 1 atom stereocenters. The molecule has 1 aromatic rings. The van der Waals surface area contributed by atoms with Crippen molar-refractivity contribution in [1.29, 1.82) is 0 Å². The maximum absolute atomic E-state index is 12.2. The topological polar surface area (TPSA) is 66.0 Å². The lowest BCUT2D eigenvalue weighted by atomic mass is 9.98. The molecule has 1 heterocycles. The van der Waals surface area contributed by atoms with Gasteiger partial charge < -0.3 is 20.3 Å². The molecule has 7 heteroatoms. The molecular weight excluding hydrogens is 503 g/mol. The van der Waals surface area contributed by atoms with E-state index in [1.165, 1.54) is 32.1 Å². The second kappa shape index (κ2) is 13.1. The van der Waals surface area contributed by atoms with Crippen LogP contribution in [-0.4, -0.2) is 48.5 Å². The predicted molar refractivity (Wildman–Crippen MR) is 137 cm³/mol. The van der Waals surface area contributed by atoms with Gasteiger partial charge in [-0.25, -0.2) is 4.99 Å². The molecule has 6 nitrogen and oxygen atoms in total. The highest BCUT2D eigenvalue weighted by Gasteiger charge is 2.27. The van der Waals surface area contributed by atoms with Gasteiger partial charge in [0, 0.05) is 31.6 Å². The van der Waals surface area contributed by atoms with Crippen LogP contribution < -0.4 is 15.4 Å². The van der Waals surface area contributed by atoms with Gasteiger partial charge in [0.05, 0.1) is 12.6 Å². The van der Waals surface area contributed by atoms with E-state index in [0.29, 0.717) is 12.6 Å². The molecule has 1 amide bonds. The number of rotatable bonds is 7. The second-order valence-electron chi connectivity index (χ2n) is 8.79. The number of carbonyl (C=O) groups excluding carboxylic acids is 1. The van der Waals surface area contributed by atoms with Crippen molar-refractivity contribution < 1.29 is 9.53 Å². The van der Waals surface area contributed by atoms with E-state index >= 15 is 0 Å². The lowest BCUT2D eigenvalue weighted by molar-refractivity contribution is -0.133. The van der Waals surface area contributed by atoms with Gasteiger partial charge in [0.15, 0.2) is 5.96 Å². The van der Waals surface area contributed by atoms with Crippen molar-refractivity contribution in [3.05, 3.63) is 29.8 Å². The first-order chi connectivity index (χ1) is 14.5. The lowest BCUT2D eigenvalue weighted by Crippen LogP contribution is -2.45. The van der Waals surface area contributed by atoms with E-state index in [2.05, 4.69) is 41.8 Å². The van der Waals surface area contributed by atoms with Crippen LogP contribution >= 0.6 is 24.0 Å². The third kappa shape index (κ3) is 8.16. The maximum atomic E-state index is 12.2. The number of nitrogens with zero attached hydrogens (tertiary/aromatic N) is 2. The Morgan fingerprint density at radius 3 is 2.52 bits per heavy atom. The summed E-state index contributed by atoms with van der Waals surface area (Å²) in [6.07, 6.45) is 7.57. The number of hydrogen-bond acceptors (Lipinski definition) is 3. The molecule has 31 heavy (non-hydrogen) atoms. The molecule has 1 saturated carbocycles. The normalized spacial score (nSPS) is 19.8. The highest BCUT2D eigenvalue weighted by atomic mass is 127. The average molecular weight is 543 g/mol. The number of benzene rings is 1. The Balaban J connectivity index is 0.00000341. The van der Waals surface area contributed by atoms with Gasteiger partial charge in [0.25, 0.3) is 0 Å². The molecule has 0 spiro atoms. The molecule has 2 aliphatic rings. The van der Waals surface area contributed by atoms with Crippen LogP contribution in [0.1, 0.15) is 64.9 Å². The number of nitrogens with one attached hydrogen (secondary N) is 2. The molecule has 2 N–H and O–H groups in total. The van der Waals surface area contributed by atoms with Gasteiger partial charge in [-0.1, -0.05) is 32.4 Å². The Bertz CT molecular complexity index is 702. The Labute approximate surface area is 204 Å². The summed E-state index contributed by atoms with van der Waals surface area (Å²) in [7, 11) is 0. The van der Waals surface area contributed by atoms with Crippen molar-refractivity contribution in [3.63, 3.8) is 0 Å². The molecule has 174 valence electrons. The molecule has 0 aromatic heterocycles. The standard InChI is InChI=1S/C24H38N4O2.HI/c1-4-25-24(27-20-14-15-28(17-20)23(29)18(2)3)26-16-19-10-12-22(13-11-19)30-21-8-6-5-7-9-21;/h10-13,18,20-21H,4-9,14-17H2,1-3H3,(H2,25,26,27);1H. The lowest BCUT2D eigenvalue weighted by Gasteiger charge is -2.23. The number of likely N-dealkylation sites (tertiary alicyclic amines) is 1. The fraction of sp³-hybridized carbons (Fsp3) is 0.667. The zero-order chi connectivity index (χ0) is 21.3. The smallest absolute Gasteiger partial charge is 0.225 e. The van der Waals surface area contributed by atoms with Crippen LogP contribution in [0.3, 0.4) is 0 Å². The first kappa shape index (κ1) is 25.7. The van der Waals surface area contributed by atoms with Gasteiger partial charge >= 0.3 is 0 Å². The number of halogens is 1. The quantitative estimate of drug-likeness (QED) is 0.306. The van der Waals surface area contributed by atoms with Gasteiger partial charge in [-0.3, -0.25) is 4.79 Å². The molecule has 0 bridgehead atoms. The van der Waals surface area contributed by atoms with Gasteiger partial charge in [0.1, 0.15) is 5.75 Å². The Morgan fingerprint density at radius 2 is 1.87 bits per heavy atom. The molecule has 0 radical (unpaired) electrons. The summed E-state index contributed by atoms with van der Waals surface area (Å²) in [5.41, 5.74) is 1.16. The Morgan fingerprint density at radius 1 is 1.16 bits per heavy atom. The van der Waals surface area contributed by atoms with Crippen LogP contribution in [0, 0.1) is 5.92 Å². The van der Waals surface area contributed by atoms with E-state index in [1.807, 2.05) is 18.7 Å². The summed E-state index contributed by atoms with van der Waals surface area (Å²) in [6.45, 7) is 8.96. The highest BCUT2D eigenvalue weighted by molar-refractivity contribution is 14.0. The van der Waals surface area contributed by atoms with Crippen LogP contribution in [0.5, 0.6) is 5.75 Å². The van der Waals surface area contributed by atoms with Crippen molar-refractivity contribution in [1.82, 2.24) is 15.5 Å². The van der Waals surface area contributed by atoms with Crippen molar-refractivity contribution in [2.45, 2.75) is 78.0 Å². The second-order valence-corrected chi connectivity index (χ2v) is 8.79. The van der Waals surface area contributed by atoms with Crippen LogP contribution in [-0.2, 0) is 11.3 Å². The van der Waals surface area contributed by atoms with Gasteiger partial charge in [-0.05, 0) is 56.7 Å². The monoisotopic (exact) mass is 542 g/mol. The van der Waals surface area contributed by atoms with Gasteiger partial charge in [0.2, 0.25) is 5.91 Å². The van der Waals surface area contributed by atoms with Crippen molar-refractivity contribution >= 4 is 35.8 Å². The largest absolute Gasteiger partial charge is 0.490 e. The van der Waals surface area contributed by atoms with E-state index in [4.69, 9.17) is 9.73 Å². The van der Waals surface area contributed by atoms with Crippen LogP contribution in [0.25, 0.3) is 0 Å². The number of carbonyl (C=O) groups is 1. The summed E-state index contributed by atoms with van der Waals surface area (Å²) in [5, 5.41) is 6.82. The third-order valence-corrected chi connectivity index (χ3v) is 5.88. The summed E-state index contributed by atoms with van der Waals surface area (Å²) in [6, 6.07) is 8.57. The fourth-order valence-corrected chi connectivity index (χ4v) is 4.18. The minimum Gasteiger partial charge on any atom is -0.490 e. The number of aliphatic imine (C=N–C) groups is 1. The maximum Gasteiger partial charge on any atom is 0.225 e. The summed E-state index contributed by atoms with van der Waals surface area (Å²) >= 11 is 0. The zero-order valence-corrected chi connectivity index (χ0v) is 21.6. The van der Waals surface area contributed by atoms with Gasteiger partial charge in [-0.2, -0.15) is 0 Å². The number of amides is 1. The average Bonchev–Trinajstić information content (AvgIpc) is 3.22.